The zero-order chi connectivity index (χ0) is 15.4. The fourth-order valence-electron chi connectivity index (χ4n) is 2.08. The van der Waals surface area contributed by atoms with Gasteiger partial charge in [-0.2, -0.15) is 0 Å². The molecule has 0 aliphatic rings. The lowest BCUT2D eigenvalue weighted by Crippen LogP contribution is -2.07. The van der Waals surface area contributed by atoms with Gasteiger partial charge in [0.2, 0.25) is 0 Å². The van der Waals surface area contributed by atoms with E-state index in [0.29, 0.717) is 16.4 Å². The van der Waals surface area contributed by atoms with E-state index in [0.717, 1.165) is 11.4 Å². The lowest BCUT2D eigenvalue weighted by Gasteiger charge is -2.09. The van der Waals surface area contributed by atoms with E-state index in [1.807, 2.05) is 42.5 Å². The minimum atomic E-state index is -0.200. The van der Waals surface area contributed by atoms with Gasteiger partial charge in [-0.3, -0.25) is 0 Å². The maximum absolute atomic E-state index is 9.43. The molecular formula is C16H14ClN3O2. The fraction of sp³-hybridized carbons (Fsp3) is 0.125. The molecule has 1 N–H and O–H groups in total. The summed E-state index contributed by atoms with van der Waals surface area (Å²) in [7, 11) is 0. The Morgan fingerprint density at radius 3 is 2.64 bits per heavy atom. The molecule has 0 amide bonds. The molecule has 5 nitrogen and oxygen atoms in total. The molecule has 0 saturated heterocycles. The number of aliphatic hydroxyl groups excluding tert-OH is 1. The van der Waals surface area contributed by atoms with Gasteiger partial charge in [0.25, 0.3) is 0 Å². The van der Waals surface area contributed by atoms with Crippen LogP contribution in [-0.4, -0.2) is 20.1 Å². The topological polar surface area (TPSA) is 60.2 Å². The van der Waals surface area contributed by atoms with Crippen LogP contribution in [0, 0.1) is 0 Å². The number of halogens is 1. The summed E-state index contributed by atoms with van der Waals surface area (Å²) in [6.45, 7) is 0.0491. The molecule has 0 radical (unpaired) electrons. The van der Waals surface area contributed by atoms with Crippen LogP contribution in [0.2, 0.25) is 5.02 Å². The van der Waals surface area contributed by atoms with Crippen LogP contribution < -0.4 is 4.74 Å². The number of para-hydroxylation sites is 1. The second-order valence-corrected chi connectivity index (χ2v) is 5.07. The number of benzene rings is 2. The molecular weight excluding hydrogens is 302 g/mol. The maximum Gasteiger partial charge on any atom is 0.132 e. The van der Waals surface area contributed by atoms with E-state index >= 15 is 0 Å². The average Bonchev–Trinajstić information content (AvgIpc) is 2.97. The second-order valence-electron chi connectivity index (χ2n) is 4.63. The number of rotatable bonds is 5. The zero-order valence-electron chi connectivity index (χ0n) is 11.7. The highest BCUT2D eigenvalue weighted by molar-refractivity contribution is 6.30. The van der Waals surface area contributed by atoms with Gasteiger partial charge in [-0.05, 0) is 30.3 Å². The van der Waals surface area contributed by atoms with E-state index in [2.05, 4.69) is 10.3 Å². The van der Waals surface area contributed by atoms with Gasteiger partial charge >= 0.3 is 0 Å². The highest BCUT2D eigenvalue weighted by Gasteiger charge is 2.14. The Morgan fingerprint density at radius 2 is 1.91 bits per heavy atom. The highest BCUT2D eigenvalue weighted by atomic mass is 35.5. The Kier molecular flexibility index (Phi) is 4.37. The Bertz CT molecular complexity index is 759. The Balaban J connectivity index is 1.90. The van der Waals surface area contributed by atoms with Gasteiger partial charge in [0.05, 0.1) is 12.3 Å². The van der Waals surface area contributed by atoms with Crippen LogP contribution >= 0.6 is 11.6 Å². The first-order valence-corrected chi connectivity index (χ1v) is 7.14. The Hall–Kier alpha value is -2.37. The normalized spacial score (nSPS) is 10.6. The molecule has 112 valence electrons. The third-order valence-corrected chi connectivity index (χ3v) is 3.40. The predicted octanol–water partition coefficient (Wildman–Crippen LogP) is 2.99. The lowest BCUT2D eigenvalue weighted by atomic mass is 10.3. The third-order valence-electron chi connectivity index (χ3n) is 3.16. The molecule has 22 heavy (non-hydrogen) atoms. The molecule has 0 bridgehead atoms. The van der Waals surface area contributed by atoms with Crippen LogP contribution in [0.25, 0.3) is 5.69 Å². The summed E-state index contributed by atoms with van der Waals surface area (Å²) in [5.41, 5.74) is 1.94. The SMILES string of the molecule is OCc1nnn(-c2cccc(Cl)c2)c1COc1ccccc1. The van der Waals surface area contributed by atoms with Gasteiger partial charge < -0.3 is 9.84 Å². The molecule has 0 aliphatic carbocycles. The smallest absolute Gasteiger partial charge is 0.132 e. The summed E-state index contributed by atoms with van der Waals surface area (Å²) in [6, 6.07) is 16.7. The molecule has 0 atom stereocenters. The molecule has 1 heterocycles. The van der Waals surface area contributed by atoms with Crippen molar-refractivity contribution in [2.24, 2.45) is 0 Å². The molecule has 3 aromatic rings. The Labute approximate surface area is 132 Å². The van der Waals surface area contributed by atoms with Gasteiger partial charge in [0, 0.05) is 5.02 Å². The highest BCUT2D eigenvalue weighted by Crippen LogP contribution is 2.19. The van der Waals surface area contributed by atoms with Crippen LogP contribution in [0.15, 0.2) is 54.6 Å². The largest absolute Gasteiger partial charge is 0.487 e. The van der Waals surface area contributed by atoms with Crippen molar-refractivity contribution in [2.75, 3.05) is 0 Å². The molecule has 6 heteroatoms. The molecule has 2 aromatic carbocycles. The van der Waals surface area contributed by atoms with E-state index < -0.39 is 0 Å². The molecule has 0 saturated carbocycles. The predicted molar refractivity (Wildman–Crippen MR) is 83.1 cm³/mol. The van der Waals surface area contributed by atoms with Crippen LogP contribution in [0.4, 0.5) is 0 Å². The van der Waals surface area contributed by atoms with Gasteiger partial charge in [-0.15, -0.1) is 5.10 Å². The molecule has 0 fully saturated rings. The monoisotopic (exact) mass is 315 g/mol. The summed E-state index contributed by atoms with van der Waals surface area (Å²) in [4.78, 5) is 0. The van der Waals surface area contributed by atoms with Crippen molar-refractivity contribution < 1.29 is 9.84 Å². The third kappa shape index (κ3) is 3.10. The van der Waals surface area contributed by atoms with E-state index in [4.69, 9.17) is 16.3 Å². The summed E-state index contributed by atoms with van der Waals surface area (Å²) < 4.78 is 7.37. The fourth-order valence-corrected chi connectivity index (χ4v) is 2.27. The summed E-state index contributed by atoms with van der Waals surface area (Å²) in [6.07, 6.45) is 0. The van der Waals surface area contributed by atoms with Crippen LogP contribution in [0.3, 0.4) is 0 Å². The van der Waals surface area contributed by atoms with Crippen LogP contribution in [0.1, 0.15) is 11.4 Å². The lowest BCUT2D eigenvalue weighted by molar-refractivity contribution is 0.263. The van der Waals surface area contributed by atoms with Crippen molar-refractivity contribution in [3.8, 4) is 11.4 Å². The van der Waals surface area contributed by atoms with Crippen molar-refractivity contribution in [1.29, 1.82) is 0 Å². The summed E-state index contributed by atoms with van der Waals surface area (Å²) in [5.74, 6) is 0.741. The minimum absolute atomic E-state index is 0.200. The van der Waals surface area contributed by atoms with Gasteiger partial charge in [0.15, 0.2) is 0 Å². The van der Waals surface area contributed by atoms with E-state index in [1.54, 1.807) is 16.8 Å². The van der Waals surface area contributed by atoms with Crippen molar-refractivity contribution in [3.05, 3.63) is 71.0 Å². The standard InChI is InChI=1S/C16H14ClN3O2/c17-12-5-4-6-13(9-12)20-16(15(10-21)18-19-20)11-22-14-7-2-1-3-8-14/h1-9,21H,10-11H2. The maximum atomic E-state index is 9.43. The molecule has 0 spiro atoms. The summed E-state index contributed by atoms with van der Waals surface area (Å²) >= 11 is 6.02. The van der Waals surface area contributed by atoms with E-state index in [-0.39, 0.29) is 13.2 Å². The summed E-state index contributed by atoms with van der Waals surface area (Å²) in [5, 5.41) is 18.1. The van der Waals surface area contributed by atoms with Crippen LogP contribution in [0.5, 0.6) is 5.75 Å². The van der Waals surface area contributed by atoms with Gasteiger partial charge in [-0.1, -0.05) is 41.1 Å². The molecule has 0 aliphatic heterocycles. The quantitative estimate of drug-likeness (QED) is 0.786. The zero-order valence-corrected chi connectivity index (χ0v) is 12.4. The van der Waals surface area contributed by atoms with Crippen molar-refractivity contribution in [2.45, 2.75) is 13.2 Å². The van der Waals surface area contributed by atoms with Gasteiger partial charge in [0.1, 0.15) is 23.7 Å². The molecule has 0 unspecified atom stereocenters. The molecule has 3 rings (SSSR count). The van der Waals surface area contributed by atoms with Crippen molar-refractivity contribution in [1.82, 2.24) is 15.0 Å². The first-order valence-electron chi connectivity index (χ1n) is 6.76. The minimum Gasteiger partial charge on any atom is -0.487 e. The number of hydrogen-bond acceptors (Lipinski definition) is 4. The average molecular weight is 316 g/mol. The van der Waals surface area contributed by atoms with E-state index in [1.165, 1.54) is 0 Å². The van der Waals surface area contributed by atoms with Crippen LogP contribution in [-0.2, 0) is 13.2 Å². The molecule has 1 aromatic heterocycles. The number of ether oxygens (including phenoxy) is 1. The second kappa shape index (κ2) is 6.60. The first-order chi connectivity index (χ1) is 10.8. The number of nitrogens with zero attached hydrogens (tertiary/aromatic N) is 3. The number of hydrogen-bond donors (Lipinski definition) is 1. The van der Waals surface area contributed by atoms with E-state index in [9.17, 15) is 5.11 Å². The van der Waals surface area contributed by atoms with Crippen molar-refractivity contribution >= 4 is 11.6 Å². The number of aromatic nitrogens is 3. The Morgan fingerprint density at radius 1 is 1.09 bits per heavy atom. The first kappa shape index (κ1) is 14.6. The van der Waals surface area contributed by atoms with Crippen molar-refractivity contribution in [3.63, 3.8) is 0 Å². The van der Waals surface area contributed by atoms with Gasteiger partial charge in [-0.25, -0.2) is 4.68 Å². The number of aliphatic hydroxyl groups is 1.